The summed E-state index contributed by atoms with van der Waals surface area (Å²) in [6.07, 6.45) is 1.61. The molecule has 0 saturated carbocycles. The number of halogens is 2. The Morgan fingerprint density at radius 3 is 2.43 bits per heavy atom. The van der Waals surface area contributed by atoms with Crippen molar-refractivity contribution >= 4 is 17.5 Å². The molecule has 7 heteroatoms. The van der Waals surface area contributed by atoms with Crippen molar-refractivity contribution in [3.8, 4) is 16.9 Å². The summed E-state index contributed by atoms with van der Waals surface area (Å²) in [7, 11) is 0. The summed E-state index contributed by atoms with van der Waals surface area (Å²) < 4.78 is 15.0. The smallest absolute Gasteiger partial charge is 0.269 e. The van der Waals surface area contributed by atoms with Crippen molar-refractivity contribution in [1.29, 1.82) is 0 Å². The van der Waals surface area contributed by atoms with E-state index in [1.54, 1.807) is 29.1 Å². The van der Waals surface area contributed by atoms with Crippen molar-refractivity contribution < 1.29 is 14.0 Å². The Hall–Kier alpha value is -3.48. The van der Waals surface area contributed by atoms with Crippen LogP contribution in [-0.2, 0) is 11.4 Å². The van der Waals surface area contributed by atoms with Crippen molar-refractivity contribution in [2.24, 2.45) is 0 Å². The maximum atomic E-state index is 13.4. The van der Waals surface area contributed by atoms with Crippen LogP contribution < -0.4 is 5.48 Å². The van der Waals surface area contributed by atoms with Gasteiger partial charge in [0, 0.05) is 16.8 Å². The minimum absolute atomic E-state index is 0.115. The zero-order chi connectivity index (χ0) is 20.9. The number of benzene rings is 3. The summed E-state index contributed by atoms with van der Waals surface area (Å²) in [6, 6.07) is 22.4. The SMILES string of the molecule is O=C(NOCc1ccccc1Cl)c1cn(-c2ccccc2)nc1-c1ccc(F)cc1. The zero-order valence-electron chi connectivity index (χ0n) is 15.8. The molecule has 0 saturated heterocycles. The van der Waals surface area contributed by atoms with Crippen molar-refractivity contribution in [2.75, 3.05) is 0 Å². The standard InChI is InChI=1S/C23H17ClFN3O2/c24-21-9-5-4-6-17(21)15-30-27-23(29)20-14-28(19-7-2-1-3-8-19)26-22(20)16-10-12-18(25)13-11-16/h1-14H,15H2,(H,27,29). The number of carbonyl (C=O) groups is 1. The number of hydroxylamine groups is 1. The largest absolute Gasteiger partial charge is 0.278 e. The molecule has 4 rings (SSSR count). The monoisotopic (exact) mass is 421 g/mol. The molecular formula is C23H17ClFN3O2. The molecule has 30 heavy (non-hydrogen) atoms. The molecule has 150 valence electrons. The summed E-state index contributed by atoms with van der Waals surface area (Å²) in [5.41, 5.74) is 5.30. The van der Waals surface area contributed by atoms with Gasteiger partial charge < -0.3 is 0 Å². The maximum absolute atomic E-state index is 13.4. The second-order valence-electron chi connectivity index (χ2n) is 6.49. The first-order valence-corrected chi connectivity index (χ1v) is 9.56. The van der Waals surface area contributed by atoms with Crippen LogP contribution in [0.25, 0.3) is 16.9 Å². The van der Waals surface area contributed by atoms with Crippen LogP contribution in [0.2, 0.25) is 5.02 Å². The van der Waals surface area contributed by atoms with E-state index in [0.717, 1.165) is 11.3 Å². The number of hydrogen-bond acceptors (Lipinski definition) is 3. The Balaban J connectivity index is 1.60. The summed E-state index contributed by atoms with van der Waals surface area (Å²) in [4.78, 5) is 18.2. The fourth-order valence-electron chi connectivity index (χ4n) is 2.92. The zero-order valence-corrected chi connectivity index (χ0v) is 16.5. The highest BCUT2D eigenvalue weighted by molar-refractivity contribution is 6.31. The third kappa shape index (κ3) is 4.40. The Bertz CT molecular complexity index is 1160. The molecule has 0 radical (unpaired) electrons. The molecule has 0 aliphatic rings. The lowest BCUT2D eigenvalue weighted by atomic mass is 10.1. The number of nitrogens with one attached hydrogen (secondary N) is 1. The van der Waals surface area contributed by atoms with E-state index in [2.05, 4.69) is 10.6 Å². The number of rotatable bonds is 6. The average molecular weight is 422 g/mol. The highest BCUT2D eigenvalue weighted by Crippen LogP contribution is 2.24. The molecule has 0 atom stereocenters. The van der Waals surface area contributed by atoms with Crippen LogP contribution in [0.1, 0.15) is 15.9 Å². The van der Waals surface area contributed by atoms with Gasteiger partial charge in [0.25, 0.3) is 5.91 Å². The summed E-state index contributed by atoms with van der Waals surface area (Å²) in [5.74, 6) is -0.834. The molecular weight excluding hydrogens is 405 g/mol. The second-order valence-corrected chi connectivity index (χ2v) is 6.90. The van der Waals surface area contributed by atoms with Crippen molar-refractivity contribution in [3.05, 3.63) is 107 Å². The molecule has 5 nitrogen and oxygen atoms in total. The number of para-hydroxylation sites is 1. The normalized spacial score (nSPS) is 10.7. The van der Waals surface area contributed by atoms with Crippen molar-refractivity contribution in [1.82, 2.24) is 15.3 Å². The molecule has 3 aromatic carbocycles. The molecule has 0 unspecified atom stereocenters. The molecule has 0 spiro atoms. The lowest BCUT2D eigenvalue weighted by Crippen LogP contribution is -2.23. The van der Waals surface area contributed by atoms with E-state index < -0.39 is 5.91 Å². The number of nitrogens with zero attached hydrogens (tertiary/aromatic N) is 2. The van der Waals surface area contributed by atoms with Crippen molar-refractivity contribution in [3.63, 3.8) is 0 Å². The Morgan fingerprint density at radius 2 is 1.70 bits per heavy atom. The quantitative estimate of drug-likeness (QED) is 0.436. The number of aromatic nitrogens is 2. The highest BCUT2D eigenvalue weighted by atomic mass is 35.5. The molecule has 4 aromatic rings. The molecule has 1 heterocycles. The molecule has 0 aliphatic carbocycles. The van der Waals surface area contributed by atoms with Gasteiger partial charge in [-0.05, 0) is 48.0 Å². The Kier molecular flexibility index (Phi) is 5.88. The maximum Gasteiger partial charge on any atom is 0.278 e. The molecule has 0 aliphatic heterocycles. The van der Waals surface area contributed by atoms with Crippen molar-refractivity contribution in [2.45, 2.75) is 6.61 Å². The number of carbonyl (C=O) groups excluding carboxylic acids is 1. The molecule has 0 bridgehead atoms. The van der Waals surface area contributed by atoms with Gasteiger partial charge in [0.05, 0.1) is 11.3 Å². The number of hydrogen-bond donors (Lipinski definition) is 1. The first-order valence-electron chi connectivity index (χ1n) is 9.18. The molecule has 1 aromatic heterocycles. The average Bonchev–Trinajstić information content (AvgIpc) is 3.22. The second kappa shape index (κ2) is 8.90. The summed E-state index contributed by atoms with van der Waals surface area (Å²) >= 11 is 6.11. The van der Waals surface area contributed by atoms with E-state index in [1.165, 1.54) is 12.1 Å². The molecule has 1 N–H and O–H groups in total. The van der Waals surface area contributed by atoms with Gasteiger partial charge in [-0.3, -0.25) is 9.63 Å². The highest BCUT2D eigenvalue weighted by Gasteiger charge is 2.19. The van der Waals surface area contributed by atoms with Gasteiger partial charge in [-0.15, -0.1) is 0 Å². The topological polar surface area (TPSA) is 56.1 Å². The van der Waals surface area contributed by atoms with Crippen LogP contribution in [0.3, 0.4) is 0 Å². The Labute approximate surface area is 177 Å². The fourth-order valence-corrected chi connectivity index (χ4v) is 3.11. The van der Waals surface area contributed by atoms with Gasteiger partial charge in [-0.2, -0.15) is 5.10 Å². The Morgan fingerprint density at radius 1 is 1.00 bits per heavy atom. The van der Waals surface area contributed by atoms with E-state index in [-0.39, 0.29) is 12.4 Å². The van der Waals surface area contributed by atoms with Gasteiger partial charge >= 0.3 is 0 Å². The van der Waals surface area contributed by atoms with Gasteiger partial charge in [0.1, 0.15) is 18.1 Å². The van der Waals surface area contributed by atoms with Crippen LogP contribution in [-0.4, -0.2) is 15.7 Å². The van der Waals surface area contributed by atoms with E-state index >= 15 is 0 Å². The third-order valence-electron chi connectivity index (χ3n) is 4.45. The summed E-state index contributed by atoms with van der Waals surface area (Å²) in [6.45, 7) is 0.115. The predicted octanol–water partition coefficient (Wildman–Crippen LogP) is 5.19. The van der Waals surface area contributed by atoms with Crippen LogP contribution in [0.5, 0.6) is 0 Å². The first kappa shape index (κ1) is 19.8. The minimum atomic E-state index is -0.469. The third-order valence-corrected chi connectivity index (χ3v) is 4.82. The first-order chi connectivity index (χ1) is 14.6. The fraction of sp³-hybridized carbons (Fsp3) is 0.0435. The van der Waals surface area contributed by atoms with Gasteiger partial charge in [-0.1, -0.05) is 48.0 Å². The van der Waals surface area contributed by atoms with Gasteiger partial charge in [0.15, 0.2) is 0 Å². The predicted molar refractivity (Wildman–Crippen MR) is 113 cm³/mol. The van der Waals surface area contributed by atoms with Crippen LogP contribution in [0.4, 0.5) is 4.39 Å². The van der Waals surface area contributed by atoms with Gasteiger partial charge in [-0.25, -0.2) is 14.6 Å². The van der Waals surface area contributed by atoms with E-state index in [4.69, 9.17) is 16.4 Å². The lowest BCUT2D eigenvalue weighted by molar-refractivity contribution is 0.0234. The van der Waals surface area contributed by atoms with E-state index in [9.17, 15) is 9.18 Å². The van der Waals surface area contributed by atoms with Crippen LogP contribution >= 0.6 is 11.6 Å². The van der Waals surface area contributed by atoms with Crippen LogP contribution in [0.15, 0.2) is 85.1 Å². The van der Waals surface area contributed by atoms with Gasteiger partial charge in [0.2, 0.25) is 0 Å². The minimum Gasteiger partial charge on any atom is -0.269 e. The van der Waals surface area contributed by atoms with Crippen LogP contribution in [0, 0.1) is 5.82 Å². The van der Waals surface area contributed by atoms with E-state index in [0.29, 0.717) is 21.8 Å². The molecule has 1 amide bonds. The number of amides is 1. The molecule has 0 fully saturated rings. The van der Waals surface area contributed by atoms with E-state index in [1.807, 2.05) is 48.5 Å². The lowest BCUT2D eigenvalue weighted by Gasteiger charge is -2.07. The summed E-state index contributed by atoms with van der Waals surface area (Å²) in [5, 5.41) is 5.09.